The summed E-state index contributed by atoms with van der Waals surface area (Å²) in [5.74, 6) is -0.151. The summed E-state index contributed by atoms with van der Waals surface area (Å²) in [5.41, 5.74) is 3.10. The van der Waals surface area contributed by atoms with E-state index >= 15 is 0 Å². The van der Waals surface area contributed by atoms with E-state index in [-0.39, 0.29) is 5.91 Å². The second kappa shape index (κ2) is 6.71. The van der Waals surface area contributed by atoms with Gasteiger partial charge in [0.2, 0.25) is 0 Å². The first-order valence-corrected chi connectivity index (χ1v) is 8.47. The maximum absolute atomic E-state index is 12.5. The average molecular weight is 323 g/mol. The Balaban J connectivity index is 1.81. The lowest BCUT2D eigenvalue weighted by atomic mass is 10.2. The van der Waals surface area contributed by atoms with Crippen molar-refractivity contribution in [2.75, 3.05) is 11.6 Å². The molecule has 0 aliphatic carbocycles. The van der Waals surface area contributed by atoms with Gasteiger partial charge in [0.1, 0.15) is 0 Å². The second-order valence-corrected chi connectivity index (χ2v) is 5.95. The minimum atomic E-state index is -0.151. The van der Waals surface area contributed by atoms with E-state index in [4.69, 9.17) is 0 Å². The van der Waals surface area contributed by atoms with E-state index in [0.717, 1.165) is 22.0 Å². The first-order valence-electron chi connectivity index (χ1n) is 7.24. The molecule has 0 saturated carbocycles. The molecule has 1 amide bonds. The van der Waals surface area contributed by atoms with Crippen molar-refractivity contribution in [1.29, 1.82) is 0 Å². The first-order chi connectivity index (χ1) is 11.2. The van der Waals surface area contributed by atoms with Crippen LogP contribution < -0.4 is 5.32 Å². The summed E-state index contributed by atoms with van der Waals surface area (Å²) in [6.07, 6.45) is 3.63. The number of anilines is 1. The summed E-state index contributed by atoms with van der Waals surface area (Å²) < 4.78 is 1.77. The standard InChI is InChI=1S/C18H17N3OS/c1-13-17(12-19-21(13)15-6-4-3-5-7-15)18(22)20-14-8-10-16(23-2)11-9-14/h3-12H,1-2H3,(H,20,22). The molecule has 0 atom stereocenters. The molecule has 3 aromatic rings. The van der Waals surface area contributed by atoms with Crippen LogP contribution in [0.3, 0.4) is 0 Å². The molecule has 1 N–H and O–H groups in total. The Bertz CT molecular complexity index is 810. The number of hydrogen-bond acceptors (Lipinski definition) is 3. The van der Waals surface area contributed by atoms with Gasteiger partial charge in [-0.1, -0.05) is 18.2 Å². The number of amides is 1. The number of benzene rings is 2. The number of carbonyl (C=O) groups is 1. The van der Waals surface area contributed by atoms with Crippen LogP contribution in [0.15, 0.2) is 65.7 Å². The highest BCUT2D eigenvalue weighted by atomic mass is 32.2. The molecular weight excluding hydrogens is 306 g/mol. The minimum Gasteiger partial charge on any atom is -0.322 e. The van der Waals surface area contributed by atoms with E-state index in [2.05, 4.69) is 10.4 Å². The summed E-state index contributed by atoms with van der Waals surface area (Å²) in [6, 6.07) is 17.6. The third kappa shape index (κ3) is 3.29. The van der Waals surface area contributed by atoms with E-state index in [1.165, 1.54) is 0 Å². The van der Waals surface area contributed by atoms with Gasteiger partial charge in [-0.2, -0.15) is 5.10 Å². The lowest BCUT2D eigenvalue weighted by Gasteiger charge is -2.07. The molecule has 0 fully saturated rings. The molecular formula is C18H17N3OS. The number of nitrogens with one attached hydrogen (secondary N) is 1. The fourth-order valence-electron chi connectivity index (χ4n) is 2.33. The number of carbonyl (C=O) groups excluding carboxylic acids is 1. The molecule has 4 nitrogen and oxygen atoms in total. The van der Waals surface area contributed by atoms with Gasteiger partial charge in [0.25, 0.3) is 5.91 Å². The van der Waals surface area contributed by atoms with Crippen molar-refractivity contribution in [3.63, 3.8) is 0 Å². The summed E-state index contributed by atoms with van der Waals surface area (Å²) in [6.45, 7) is 1.89. The van der Waals surface area contributed by atoms with Crippen LogP contribution >= 0.6 is 11.8 Å². The molecule has 116 valence electrons. The maximum atomic E-state index is 12.5. The van der Waals surface area contributed by atoms with Crippen LogP contribution in [0.4, 0.5) is 5.69 Å². The van der Waals surface area contributed by atoms with Gasteiger partial charge in [0.05, 0.1) is 23.1 Å². The Hall–Kier alpha value is -2.53. The largest absolute Gasteiger partial charge is 0.322 e. The molecule has 5 heteroatoms. The normalized spacial score (nSPS) is 10.5. The van der Waals surface area contributed by atoms with Gasteiger partial charge in [-0.15, -0.1) is 11.8 Å². The highest BCUT2D eigenvalue weighted by molar-refractivity contribution is 7.98. The summed E-state index contributed by atoms with van der Waals surface area (Å²) >= 11 is 1.67. The van der Waals surface area contributed by atoms with Crippen molar-refractivity contribution in [1.82, 2.24) is 9.78 Å². The molecule has 1 aromatic heterocycles. The van der Waals surface area contributed by atoms with Crippen LogP contribution in [0, 0.1) is 6.92 Å². The summed E-state index contributed by atoms with van der Waals surface area (Å²) in [7, 11) is 0. The molecule has 23 heavy (non-hydrogen) atoms. The lowest BCUT2D eigenvalue weighted by molar-refractivity contribution is 0.102. The third-order valence-electron chi connectivity index (χ3n) is 3.60. The Morgan fingerprint density at radius 3 is 2.43 bits per heavy atom. The quantitative estimate of drug-likeness (QED) is 0.734. The SMILES string of the molecule is CSc1ccc(NC(=O)c2cnn(-c3ccccc3)c2C)cc1. The number of hydrogen-bond donors (Lipinski definition) is 1. The van der Waals surface area contributed by atoms with E-state index < -0.39 is 0 Å². The zero-order valence-electron chi connectivity index (χ0n) is 13.0. The molecule has 0 aliphatic heterocycles. The van der Waals surface area contributed by atoms with Gasteiger partial charge in [-0.3, -0.25) is 4.79 Å². The predicted molar refractivity (Wildman–Crippen MR) is 94.5 cm³/mol. The van der Waals surface area contributed by atoms with E-state index in [1.54, 1.807) is 22.6 Å². The van der Waals surface area contributed by atoms with Gasteiger partial charge >= 0.3 is 0 Å². The van der Waals surface area contributed by atoms with Crippen molar-refractivity contribution < 1.29 is 4.79 Å². The van der Waals surface area contributed by atoms with Crippen LogP contribution in [0.2, 0.25) is 0 Å². The average Bonchev–Trinajstić information content (AvgIpc) is 2.98. The molecule has 0 aliphatic rings. The van der Waals surface area contributed by atoms with Crippen LogP contribution in [-0.4, -0.2) is 21.9 Å². The fraction of sp³-hybridized carbons (Fsp3) is 0.111. The zero-order chi connectivity index (χ0) is 16.2. The van der Waals surface area contributed by atoms with Crippen LogP contribution in [-0.2, 0) is 0 Å². The Morgan fingerprint density at radius 2 is 1.78 bits per heavy atom. The topological polar surface area (TPSA) is 46.9 Å². The second-order valence-electron chi connectivity index (χ2n) is 5.07. The summed E-state index contributed by atoms with van der Waals surface area (Å²) in [5, 5.41) is 7.24. The molecule has 0 radical (unpaired) electrons. The zero-order valence-corrected chi connectivity index (χ0v) is 13.8. The molecule has 1 heterocycles. The highest BCUT2D eigenvalue weighted by Gasteiger charge is 2.15. The fourth-order valence-corrected chi connectivity index (χ4v) is 2.74. The molecule has 0 unspecified atom stereocenters. The monoisotopic (exact) mass is 323 g/mol. The Labute approximate surface area is 139 Å². The number of nitrogens with zero attached hydrogens (tertiary/aromatic N) is 2. The number of para-hydroxylation sites is 1. The lowest BCUT2D eigenvalue weighted by Crippen LogP contribution is -2.13. The van der Waals surface area contributed by atoms with Crippen LogP contribution in [0.25, 0.3) is 5.69 Å². The Kier molecular flexibility index (Phi) is 4.48. The third-order valence-corrected chi connectivity index (χ3v) is 4.35. The molecule has 3 rings (SSSR count). The number of aromatic nitrogens is 2. The smallest absolute Gasteiger partial charge is 0.259 e. The van der Waals surface area contributed by atoms with Crippen molar-refractivity contribution in [2.24, 2.45) is 0 Å². The van der Waals surface area contributed by atoms with E-state index in [9.17, 15) is 4.79 Å². The summed E-state index contributed by atoms with van der Waals surface area (Å²) in [4.78, 5) is 13.6. The van der Waals surface area contributed by atoms with Crippen molar-refractivity contribution in [3.8, 4) is 5.69 Å². The van der Waals surface area contributed by atoms with Gasteiger partial charge in [-0.25, -0.2) is 4.68 Å². The molecule has 0 spiro atoms. The Morgan fingerprint density at radius 1 is 1.09 bits per heavy atom. The first kappa shape index (κ1) is 15.4. The minimum absolute atomic E-state index is 0.151. The predicted octanol–water partition coefficient (Wildman–Crippen LogP) is 4.15. The number of rotatable bonds is 4. The van der Waals surface area contributed by atoms with Crippen molar-refractivity contribution in [3.05, 3.63) is 72.1 Å². The maximum Gasteiger partial charge on any atom is 0.259 e. The van der Waals surface area contributed by atoms with Crippen molar-refractivity contribution >= 4 is 23.4 Å². The molecule has 0 saturated heterocycles. The van der Waals surface area contributed by atoms with Gasteiger partial charge in [-0.05, 0) is 49.6 Å². The number of thioether (sulfide) groups is 1. The molecule has 2 aromatic carbocycles. The van der Waals surface area contributed by atoms with E-state index in [0.29, 0.717) is 5.56 Å². The van der Waals surface area contributed by atoms with Gasteiger partial charge in [0.15, 0.2) is 0 Å². The van der Waals surface area contributed by atoms with Gasteiger partial charge in [0, 0.05) is 10.6 Å². The van der Waals surface area contributed by atoms with Gasteiger partial charge < -0.3 is 5.32 Å². The molecule has 0 bridgehead atoms. The van der Waals surface area contributed by atoms with Crippen LogP contribution in [0.5, 0.6) is 0 Å². The van der Waals surface area contributed by atoms with E-state index in [1.807, 2.05) is 67.8 Å². The van der Waals surface area contributed by atoms with Crippen molar-refractivity contribution in [2.45, 2.75) is 11.8 Å². The highest BCUT2D eigenvalue weighted by Crippen LogP contribution is 2.19. The van der Waals surface area contributed by atoms with Crippen LogP contribution in [0.1, 0.15) is 16.1 Å².